The number of nitrogens with zero attached hydrogens (tertiary/aromatic N) is 2. The lowest BCUT2D eigenvalue weighted by Gasteiger charge is -2.63. The molecule has 2 heterocycles. The summed E-state index contributed by atoms with van der Waals surface area (Å²) in [7, 11) is 1.82. The van der Waals surface area contributed by atoms with Crippen LogP contribution in [-0.2, 0) is 11.3 Å². The van der Waals surface area contributed by atoms with Gasteiger partial charge in [-0.15, -0.1) is 24.0 Å². The van der Waals surface area contributed by atoms with Crippen molar-refractivity contribution >= 4 is 29.9 Å². The van der Waals surface area contributed by atoms with E-state index in [-0.39, 0.29) is 24.0 Å². The first-order valence-electron chi connectivity index (χ1n) is 9.89. The molecule has 1 aromatic heterocycles. The lowest BCUT2D eigenvalue weighted by atomic mass is 9.46. The van der Waals surface area contributed by atoms with E-state index in [0.717, 1.165) is 30.2 Å². The van der Waals surface area contributed by atoms with Crippen LogP contribution >= 0.6 is 24.0 Å². The van der Waals surface area contributed by atoms with Gasteiger partial charge in [0.1, 0.15) is 6.26 Å². The highest BCUT2D eigenvalue weighted by Crippen LogP contribution is 2.62. The molecule has 28 heavy (non-hydrogen) atoms. The van der Waals surface area contributed by atoms with Crippen LogP contribution in [0.5, 0.6) is 0 Å². The van der Waals surface area contributed by atoms with Gasteiger partial charge in [-0.25, -0.2) is 4.98 Å². The Morgan fingerprint density at radius 2 is 2.11 bits per heavy atom. The molecule has 6 nitrogen and oxygen atoms in total. The molecular weight excluding hydrogens is 467 g/mol. The second-order valence-electron chi connectivity index (χ2n) is 7.89. The van der Waals surface area contributed by atoms with Crippen molar-refractivity contribution in [3.63, 3.8) is 0 Å². The summed E-state index contributed by atoms with van der Waals surface area (Å²) in [5.41, 5.74) is 2.19. The largest absolute Gasteiger partial charge is 0.444 e. The van der Waals surface area contributed by atoms with Gasteiger partial charge < -0.3 is 19.8 Å². The van der Waals surface area contributed by atoms with Crippen molar-refractivity contribution in [2.24, 2.45) is 16.3 Å². The fraction of sp³-hybridized carbons (Fsp3) is 0.524. The number of ether oxygens (including phenoxy) is 1. The molecule has 7 heteroatoms. The van der Waals surface area contributed by atoms with Crippen molar-refractivity contribution in [2.45, 2.75) is 44.4 Å². The lowest BCUT2D eigenvalue weighted by Crippen LogP contribution is -2.72. The zero-order valence-corrected chi connectivity index (χ0v) is 18.4. The predicted octanol–water partition coefficient (Wildman–Crippen LogP) is 3.58. The molecule has 2 aromatic rings. The molecule has 2 aliphatic carbocycles. The molecular formula is C21H27IN4O2. The minimum atomic E-state index is 0. The summed E-state index contributed by atoms with van der Waals surface area (Å²) in [6.45, 7) is 1.49. The van der Waals surface area contributed by atoms with Gasteiger partial charge in [0.15, 0.2) is 5.96 Å². The van der Waals surface area contributed by atoms with Crippen LogP contribution in [0, 0.1) is 11.3 Å². The number of hydrogen-bond donors (Lipinski definition) is 2. The number of aromatic nitrogens is 1. The molecule has 5 rings (SSSR count). The van der Waals surface area contributed by atoms with Gasteiger partial charge in [0.05, 0.1) is 18.3 Å². The minimum Gasteiger partial charge on any atom is -0.444 e. The summed E-state index contributed by atoms with van der Waals surface area (Å²) in [6.07, 6.45) is 7.19. The van der Waals surface area contributed by atoms with Crippen LogP contribution in [0.2, 0.25) is 0 Å². The van der Waals surface area contributed by atoms with Crippen LogP contribution in [0.3, 0.4) is 0 Å². The van der Waals surface area contributed by atoms with Crippen LogP contribution in [0.4, 0.5) is 0 Å². The van der Waals surface area contributed by atoms with Crippen LogP contribution < -0.4 is 10.6 Å². The molecule has 0 radical (unpaired) electrons. The average Bonchev–Trinajstić information content (AvgIpc) is 3.30. The number of hydrogen-bond acceptors (Lipinski definition) is 4. The topological polar surface area (TPSA) is 71.7 Å². The monoisotopic (exact) mass is 494 g/mol. The number of fused-ring (bicyclic) bond motifs is 2. The van der Waals surface area contributed by atoms with E-state index in [0.29, 0.717) is 35.9 Å². The van der Waals surface area contributed by atoms with Gasteiger partial charge in [-0.1, -0.05) is 24.6 Å². The Bertz CT molecular complexity index is 834. The third kappa shape index (κ3) is 3.22. The Morgan fingerprint density at radius 1 is 1.29 bits per heavy atom. The fourth-order valence-electron chi connectivity index (χ4n) is 5.07. The first-order valence-corrected chi connectivity index (χ1v) is 9.89. The van der Waals surface area contributed by atoms with E-state index in [4.69, 9.17) is 9.15 Å². The van der Waals surface area contributed by atoms with Crippen LogP contribution in [0.1, 0.15) is 31.4 Å². The number of nitrogens with one attached hydrogen (secondary N) is 2. The zero-order chi connectivity index (χ0) is 18.3. The minimum absolute atomic E-state index is 0. The van der Waals surface area contributed by atoms with Crippen molar-refractivity contribution < 1.29 is 9.15 Å². The van der Waals surface area contributed by atoms with E-state index < -0.39 is 0 Å². The van der Waals surface area contributed by atoms with E-state index in [9.17, 15) is 0 Å². The number of aliphatic imine (C=N–C) groups is 1. The van der Waals surface area contributed by atoms with Crippen LogP contribution in [0.25, 0.3) is 11.5 Å². The number of oxazole rings is 1. The predicted molar refractivity (Wildman–Crippen MR) is 119 cm³/mol. The molecule has 3 unspecified atom stereocenters. The molecule has 0 amide bonds. The second-order valence-corrected chi connectivity index (χ2v) is 7.89. The summed E-state index contributed by atoms with van der Waals surface area (Å²) < 4.78 is 11.6. The summed E-state index contributed by atoms with van der Waals surface area (Å²) in [5, 5.41) is 7.07. The maximum Gasteiger partial charge on any atom is 0.226 e. The number of halogens is 1. The highest BCUT2D eigenvalue weighted by Gasteiger charge is 2.66. The van der Waals surface area contributed by atoms with E-state index in [1.165, 1.54) is 19.3 Å². The molecule has 1 saturated heterocycles. The summed E-state index contributed by atoms with van der Waals surface area (Å²) >= 11 is 0. The highest BCUT2D eigenvalue weighted by molar-refractivity contribution is 14.0. The fourth-order valence-corrected chi connectivity index (χ4v) is 5.07. The van der Waals surface area contributed by atoms with Crippen molar-refractivity contribution in [3.8, 4) is 11.5 Å². The van der Waals surface area contributed by atoms with E-state index >= 15 is 0 Å². The second kappa shape index (κ2) is 8.02. The van der Waals surface area contributed by atoms with Crippen molar-refractivity contribution in [2.75, 3.05) is 13.7 Å². The van der Waals surface area contributed by atoms with Gasteiger partial charge in [-0.3, -0.25) is 4.99 Å². The lowest BCUT2D eigenvalue weighted by molar-refractivity contribution is -0.171. The van der Waals surface area contributed by atoms with Crippen LogP contribution in [-0.4, -0.2) is 36.7 Å². The highest BCUT2D eigenvalue weighted by atomic mass is 127. The Hall–Kier alpha value is -1.61. The Labute approximate surface area is 182 Å². The van der Waals surface area contributed by atoms with Gasteiger partial charge in [0, 0.05) is 36.6 Å². The first-order chi connectivity index (χ1) is 13.3. The molecule has 3 fully saturated rings. The van der Waals surface area contributed by atoms with Crippen molar-refractivity contribution in [3.05, 3.63) is 42.3 Å². The zero-order valence-electron chi connectivity index (χ0n) is 16.1. The van der Waals surface area contributed by atoms with Gasteiger partial charge in [-0.2, -0.15) is 0 Å². The molecule has 3 aliphatic rings. The third-order valence-corrected chi connectivity index (χ3v) is 6.56. The average molecular weight is 494 g/mol. The normalized spacial score (nSPS) is 27.3. The smallest absolute Gasteiger partial charge is 0.226 e. The molecule has 3 atom stereocenters. The summed E-state index contributed by atoms with van der Waals surface area (Å²) in [5.74, 6) is 2.11. The Balaban J connectivity index is 0.00000192. The van der Waals surface area contributed by atoms with Crippen LogP contribution in [0.15, 0.2) is 46.0 Å². The molecule has 2 saturated carbocycles. The maximum atomic E-state index is 6.01. The first kappa shape index (κ1) is 19.7. The number of guanidine groups is 1. The van der Waals surface area contributed by atoms with Crippen molar-refractivity contribution in [1.29, 1.82) is 0 Å². The van der Waals surface area contributed by atoms with E-state index in [1.807, 2.05) is 37.4 Å². The molecule has 150 valence electrons. The standard InChI is InChI=1S/C21H26N4O2.HI/c1-22-20(25-17-16-8-11-26-18(16)21(17)9-5-10-21)23-12-15-13-27-19(24-15)14-6-3-2-4-7-14;/h2-4,6-7,13,16-18H,5,8-12H2,1H3,(H2,22,23,25);1H. The molecule has 1 spiro atoms. The van der Waals surface area contributed by atoms with Crippen molar-refractivity contribution in [1.82, 2.24) is 15.6 Å². The SMILES string of the molecule is CN=C(NCc1coc(-c2ccccc2)n1)NC1C2CCOC2C12CCC2.I. The van der Waals surface area contributed by atoms with Gasteiger partial charge in [0.25, 0.3) is 0 Å². The summed E-state index contributed by atoms with van der Waals surface area (Å²) in [6, 6.07) is 10.4. The number of rotatable bonds is 4. The molecule has 2 N–H and O–H groups in total. The Morgan fingerprint density at radius 3 is 2.82 bits per heavy atom. The summed E-state index contributed by atoms with van der Waals surface area (Å²) in [4.78, 5) is 9.00. The number of benzene rings is 1. The maximum absolute atomic E-state index is 6.01. The third-order valence-electron chi connectivity index (χ3n) is 6.56. The van der Waals surface area contributed by atoms with E-state index in [1.54, 1.807) is 6.26 Å². The van der Waals surface area contributed by atoms with Gasteiger partial charge in [-0.05, 0) is 31.4 Å². The molecule has 1 aromatic carbocycles. The molecule has 1 aliphatic heterocycles. The van der Waals surface area contributed by atoms with Gasteiger partial charge in [0.2, 0.25) is 5.89 Å². The quantitative estimate of drug-likeness (QED) is 0.387. The van der Waals surface area contributed by atoms with Gasteiger partial charge >= 0.3 is 0 Å². The molecule has 0 bridgehead atoms. The van der Waals surface area contributed by atoms with E-state index in [2.05, 4.69) is 20.6 Å². The Kier molecular flexibility index (Phi) is 5.64.